The standard InChI is InChI=1S/C8H11Cl3O6/c9-8(10,11)7-16-5-3(14)4(2(13)1-12)15-6(5)17-7/h2-7,12-14H,1H2/t2?,3-,4?,5+,6?,7+/m0/s1. The first-order chi connectivity index (χ1) is 7.84. The third-order valence-corrected chi connectivity index (χ3v) is 3.14. The number of aliphatic hydroxyl groups is 3. The van der Waals surface area contributed by atoms with Crippen LogP contribution in [-0.4, -0.2) is 62.7 Å². The van der Waals surface area contributed by atoms with Gasteiger partial charge in [-0.05, 0) is 0 Å². The third-order valence-electron chi connectivity index (χ3n) is 2.60. The zero-order chi connectivity index (χ0) is 12.8. The van der Waals surface area contributed by atoms with Gasteiger partial charge in [-0.2, -0.15) is 0 Å². The molecule has 9 heteroatoms. The third kappa shape index (κ3) is 2.65. The molecule has 3 N–H and O–H groups in total. The molecule has 0 radical (unpaired) electrons. The fourth-order valence-electron chi connectivity index (χ4n) is 1.79. The fraction of sp³-hybridized carbons (Fsp3) is 1.00. The van der Waals surface area contributed by atoms with Crippen molar-refractivity contribution in [3.05, 3.63) is 0 Å². The highest BCUT2D eigenvalue weighted by molar-refractivity contribution is 6.67. The predicted octanol–water partition coefficient (Wildman–Crippen LogP) is -0.463. The Kier molecular flexibility index (Phi) is 4.10. The molecule has 0 aromatic heterocycles. The predicted molar refractivity (Wildman–Crippen MR) is 57.8 cm³/mol. The quantitative estimate of drug-likeness (QED) is 0.598. The van der Waals surface area contributed by atoms with Gasteiger partial charge >= 0.3 is 0 Å². The number of rotatable bonds is 2. The highest BCUT2D eigenvalue weighted by Crippen LogP contribution is 2.42. The second kappa shape index (κ2) is 4.96. The molecule has 2 heterocycles. The number of alkyl halides is 3. The van der Waals surface area contributed by atoms with Gasteiger partial charge in [0.25, 0.3) is 0 Å². The molecule has 0 aliphatic carbocycles. The molecule has 2 aliphatic heterocycles. The lowest BCUT2D eigenvalue weighted by molar-refractivity contribution is -0.188. The van der Waals surface area contributed by atoms with Crippen LogP contribution in [-0.2, 0) is 14.2 Å². The Morgan fingerprint density at radius 3 is 2.29 bits per heavy atom. The van der Waals surface area contributed by atoms with E-state index in [1.165, 1.54) is 0 Å². The fourth-order valence-corrected chi connectivity index (χ4v) is 2.10. The van der Waals surface area contributed by atoms with Crippen molar-refractivity contribution in [1.82, 2.24) is 0 Å². The molecule has 3 unspecified atom stereocenters. The van der Waals surface area contributed by atoms with E-state index in [-0.39, 0.29) is 0 Å². The van der Waals surface area contributed by atoms with Gasteiger partial charge in [-0.1, -0.05) is 34.8 Å². The molecular formula is C8H11Cl3O6. The van der Waals surface area contributed by atoms with Gasteiger partial charge in [-0.3, -0.25) is 0 Å². The Morgan fingerprint density at radius 2 is 1.82 bits per heavy atom. The molecule has 6 nitrogen and oxygen atoms in total. The van der Waals surface area contributed by atoms with E-state index in [9.17, 15) is 10.2 Å². The van der Waals surface area contributed by atoms with Crippen molar-refractivity contribution in [2.24, 2.45) is 0 Å². The highest BCUT2D eigenvalue weighted by atomic mass is 35.6. The second-order valence-corrected chi connectivity index (χ2v) is 6.19. The number of aliphatic hydroxyl groups excluding tert-OH is 3. The smallest absolute Gasteiger partial charge is 0.241 e. The Bertz CT molecular complexity index is 285. The maximum Gasteiger partial charge on any atom is 0.241 e. The van der Waals surface area contributed by atoms with Crippen LogP contribution >= 0.6 is 34.8 Å². The van der Waals surface area contributed by atoms with Gasteiger partial charge < -0.3 is 29.5 Å². The van der Waals surface area contributed by atoms with Gasteiger partial charge in [0.1, 0.15) is 24.4 Å². The Balaban J connectivity index is 2.01. The van der Waals surface area contributed by atoms with Crippen LogP contribution in [0.3, 0.4) is 0 Å². The second-order valence-electron chi connectivity index (χ2n) is 3.82. The van der Waals surface area contributed by atoms with Crippen LogP contribution in [0.4, 0.5) is 0 Å². The molecular weight excluding hydrogens is 298 g/mol. The van der Waals surface area contributed by atoms with E-state index in [2.05, 4.69) is 0 Å². The van der Waals surface area contributed by atoms with Gasteiger partial charge in [-0.15, -0.1) is 0 Å². The molecule has 0 saturated carbocycles. The topological polar surface area (TPSA) is 88.4 Å². The van der Waals surface area contributed by atoms with Crippen molar-refractivity contribution < 1.29 is 29.5 Å². The van der Waals surface area contributed by atoms with Gasteiger partial charge in [0.15, 0.2) is 6.29 Å². The lowest BCUT2D eigenvalue weighted by Crippen LogP contribution is -2.42. The van der Waals surface area contributed by atoms with Crippen molar-refractivity contribution >= 4 is 34.8 Å². The lowest BCUT2D eigenvalue weighted by atomic mass is 10.1. The van der Waals surface area contributed by atoms with Crippen LogP contribution in [0.5, 0.6) is 0 Å². The first-order valence-electron chi connectivity index (χ1n) is 4.84. The number of fused-ring (bicyclic) bond motifs is 1. The minimum absolute atomic E-state index is 0.547. The van der Waals surface area contributed by atoms with E-state index < -0.39 is 47.4 Å². The molecule has 100 valence electrons. The van der Waals surface area contributed by atoms with E-state index in [4.69, 9.17) is 54.1 Å². The molecule has 0 aromatic rings. The average Bonchev–Trinajstić information content (AvgIpc) is 2.77. The molecule has 6 atom stereocenters. The van der Waals surface area contributed by atoms with Gasteiger partial charge in [-0.25, -0.2) is 0 Å². The van der Waals surface area contributed by atoms with Crippen LogP contribution in [0.25, 0.3) is 0 Å². The summed E-state index contributed by atoms with van der Waals surface area (Å²) < 4.78 is 13.8. The Morgan fingerprint density at radius 1 is 1.18 bits per heavy atom. The van der Waals surface area contributed by atoms with E-state index in [0.717, 1.165) is 0 Å². The summed E-state index contributed by atoms with van der Waals surface area (Å²) in [6.07, 6.45) is -6.33. The van der Waals surface area contributed by atoms with Gasteiger partial charge in [0.2, 0.25) is 10.1 Å². The maximum atomic E-state index is 9.81. The van der Waals surface area contributed by atoms with Crippen LogP contribution in [0, 0.1) is 0 Å². The Labute approximate surface area is 112 Å². The van der Waals surface area contributed by atoms with Crippen molar-refractivity contribution in [3.63, 3.8) is 0 Å². The highest BCUT2D eigenvalue weighted by Gasteiger charge is 2.57. The minimum Gasteiger partial charge on any atom is -0.394 e. The number of halogens is 3. The maximum absolute atomic E-state index is 9.81. The zero-order valence-electron chi connectivity index (χ0n) is 8.37. The summed E-state index contributed by atoms with van der Waals surface area (Å²) in [6, 6.07) is 0. The largest absolute Gasteiger partial charge is 0.394 e. The van der Waals surface area contributed by atoms with Gasteiger partial charge in [0, 0.05) is 0 Å². The molecule has 0 amide bonds. The molecule has 2 rings (SSSR count). The number of hydrogen-bond donors (Lipinski definition) is 3. The minimum atomic E-state index is -1.79. The molecule has 2 aliphatic rings. The summed E-state index contributed by atoms with van der Waals surface area (Å²) in [4.78, 5) is 0. The van der Waals surface area contributed by atoms with Crippen LogP contribution < -0.4 is 0 Å². The van der Waals surface area contributed by atoms with E-state index in [0.29, 0.717) is 0 Å². The molecule has 2 saturated heterocycles. The summed E-state index contributed by atoms with van der Waals surface area (Å²) in [7, 11) is 0. The SMILES string of the molecule is OCC(O)C1OC2O[C@H](C(Cl)(Cl)Cl)O[C@@H]2[C@H]1O. The molecule has 0 aromatic carbocycles. The average molecular weight is 310 g/mol. The molecule has 0 spiro atoms. The van der Waals surface area contributed by atoms with Crippen molar-refractivity contribution in [2.75, 3.05) is 6.61 Å². The normalized spacial score (nSPS) is 43.8. The molecule has 17 heavy (non-hydrogen) atoms. The zero-order valence-corrected chi connectivity index (χ0v) is 10.6. The van der Waals surface area contributed by atoms with Crippen LogP contribution in [0.15, 0.2) is 0 Å². The van der Waals surface area contributed by atoms with Crippen molar-refractivity contribution in [2.45, 2.75) is 40.8 Å². The van der Waals surface area contributed by atoms with Gasteiger partial charge in [0.05, 0.1) is 6.61 Å². The van der Waals surface area contributed by atoms with E-state index in [1.807, 2.05) is 0 Å². The van der Waals surface area contributed by atoms with E-state index in [1.54, 1.807) is 0 Å². The molecule has 2 fully saturated rings. The Hall–Kier alpha value is 0.630. The summed E-state index contributed by atoms with van der Waals surface area (Å²) in [5.74, 6) is 0. The van der Waals surface area contributed by atoms with Crippen molar-refractivity contribution in [1.29, 1.82) is 0 Å². The van der Waals surface area contributed by atoms with Crippen molar-refractivity contribution in [3.8, 4) is 0 Å². The summed E-state index contributed by atoms with van der Waals surface area (Å²) in [5.41, 5.74) is 0. The summed E-state index contributed by atoms with van der Waals surface area (Å²) >= 11 is 16.7. The summed E-state index contributed by atoms with van der Waals surface area (Å²) in [6.45, 7) is -0.547. The molecule has 0 bridgehead atoms. The first kappa shape index (κ1) is 14.0. The first-order valence-corrected chi connectivity index (χ1v) is 5.98. The van der Waals surface area contributed by atoms with E-state index >= 15 is 0 Å². The lowest BCUT2D eigenvalue weighted by Gasteiger charge is -2.24. The van der Waals surface area contributed by atoms with Crippen LogP contribution in [0.1, 0.15) is 0 Å². The monoisotopic (exact) mass is 308 g/mol. The summed E-state index contributed by atoms with van der Waals surface area (Å²) in [5, 5.41) is 28.0. The van der Waals surface area contributed by atoms with Crippen LogP contribution in [0.2, 0.25) is 0 Å². The number of ether oxygens (including phenoxy) is 3. The number of hydrogen-bond acceptors (Lipinski definition) is 6.